The fourth-order valence-electron chi connectivity index (χ4n) is 13.8. The third-order valence-corrected chi connectivity index (χ3v) is 20.9. The molecule has 8 amide bonds. The average Bonchev–Trinajstić information content (AvgIpc) is 1.66. The van der Waals surface area contributed by atoms with Crippen LogP contribution in [-0.4, -0.2) is 129 Å². The number of nitrogens with zero attached hydrogens (tertiary/aromatic N) is 10. The summed E-state index contributed by atoms with van der Waals surface area (Å²) in [7, 11) is 6.40. The van der Waals surface area contributed by atoms with Crippen molar-refractivity contribution in [1.82, 2.24) is 63.8 Å². The van der Waals surface area contributed by atoms with Gasteiger partial charge in [-0.1, -0.05) is 110 Å². The molecule has 0 bridgehead atoms. The number of methoxy groups -OCH3 is 2. The second-order valence-corrected chi connectivity index (χ2v) is 31.0. The van der Waals surface area contributed by atoms with Crippen molar-refractivity contribution in [3.8, 4) is 85.5 Å². The van der Waals surface area contributed by atoms with Crippen molar-refractivity contribution in [3.63, 3.8) is 0 Å². The molecule has 31 nitrogen and oxygen atoms in total. The Morgan fingerprint density at radius 1 is 0.489 bits per heavy atom. The first-order chi connectivity index (χ1) is 65.4. The molecule has 10 N–H and O–H groups in total. The highest BCUT2D eigenvalue weighted by Gasteiger charge is 2.30. The molecule has 0 fully saturated rings. The monoisotopic (exact) mass is 1900 g/mol. The maximum atomic E-state index is 13.3. The number of aryl methyl sites for hydroxylation is 4. The summed E-state index contributed by atoms with van der Waals surface area (Å²) in [6.45, 7) is 15.2. The molecular weight excluding hydrogens is 1820 g/mol. The van der Waals surface area contributed by atoms with Gasteiger partial charge in [-0.15, -0.1) is 6.42 Å². The topological polar surface area (TPSA) is 381 Å². The molecule has 0 aliphatic rings. The zero-order valence-electron chi connectivity index (χ0n) is 74.3. The van der Waals surface area contributed by atoms with Gasteiger partial charge in [-0.3, -0.25) is 46.7 Å². The smallest absolute Gasteiger partial charge is 0.405 e. The van der Waals surface area contributed by atoms with Crippen LogP contribution in [0.15, 0.2) is 261 Å². The highest BCUT2D eigenvalue weighted by Crippen LogP contribution is 2.39. The van der Waals surface area contributed by atoms with E-state index in [2.05, 4.69) is 92.2 Å². The molecule has 0 saturated carbocycles. The van der Waals surface area contributed by atoms with Crippen LogP contribution in [0.1, 0.15) is 30.5 Å². The zero-order valence-corrected chi connectivity index (χ0v) is 75.8. The number of ether oxygens (including phenoxy) is 3. The van der Waals surface area contributed by atoms with Crippen molar-refractivity contribution in [3.05, 3.63) is 299 Å². The van der Waals surface area contributed by atoms with Crippen LogP contribution in [0.3, 0.4) is 0 Å². The molecule has 15 aromatic rings. The summed E-state index contributed by atoms with van der Waals surface area (Å²) in [5, 5.41) is 27.6. The predicted molar refractivity (Wildman–Crippen MR) is 518 cm³/mol. The first-order valence-corrected chi connectivity index (χ1v) is 42.1. The summed E-state index contributed by atoms with van der Waals surface area (Å²) in [5.74, 6) is 2.56. The summed E-state index contributed by atoms with van der Waals surface area (Å²) >= 11 is 12.6. The Bertz CT molecular complexity index is 7330. The largest absolute Gasteiger partial charge is 0.497 e. The number of urea groups is 2. The van der Waals surface area contributed by atoms with E-state index in [1.165, 1.54) is 33.4 Å². The first-order valence-electron chi connectivity index (χ1n) is 41.3. The van der Waals surface area contributed by atoms with Crippen LogP contribution in [0.25, 0.3) is 89.3 Å². The number of carbonyl (C=O) groups excluding carboxylic acids is 6. The second kappa shape index (κ2) is 43.9. The molecule has 0 unspecified atom stereocenters. The molecule has 0 radical (unpaired) electrons. The summed E-state index contributed by atoms with van der Waals surface area (Å²) < 4.78 is 97.1. The van der Waals surface area contributed by atoms with Gasteiger partial charge in [0, 0.05) is 119 Å². The number of benzene rings is 7. The van der Waals surface area contributed by atoms with Crippen molar-refractivity contribution >= 4 is 144 Å². The van der Waals surface area contributed by atoms with Crippen molar-refractivity contribution in [2.45, 2.75) is 52.7 Å². The molecule has 8 aromatic heterocycles. The van der Waals surface area contributed by atoms with Gasteiger partial charge in [-0.05, 0) is 171 Å². The number of amides is 8. The normalized spacial score (nSPS) is 10.9. The highest BCUT2D eigenvalue weighted by atomic mass is 35.5. The minimum absolute atomic E-state index is 0.173. The molecule has 0 spiro atoms. The number of imidazole rings is 2. The SMILES string of the molecule is C#CC(=O)NCc1cccn2c(-c3cc(NC(=O)NCC(F)(F)F)cc(OC(C)C)c3)cnc12.C=CC(=O)Nc1cccc(C)c1Nc1ncc2cc(-c3c(Cl)cccc3Cl)c(=O)n(C)c2n1.C=CC(=O)Nc1cccc(C)c1Nc1ncc2cc(-c3cc(OC)cc(OC)c3)c(=O)n(C)c2n1.C=CC(=O)Nc1ccccc1-c1ccn2c(-c3cccc(NC(=O)NCC(F)(F)F)c3)cnc2c1. The second-order valence-electron chi connectivity index (χ2n) is 30.2. The van der Waals surface area contributed by atoms with E-state index in [0.717, 1.165) is 33.5 Å². The van der Waals surface area contributed by atoms with E-state index in [0.29, 0.717) is 134 Å². The third-order valence-electron chi connectivity index (χ3n) is 20.2. The number of hydrogen-bond donors (Lipinski definition) is 10. The number of fused-ring (bicyclic) bond motifs is 4. The van der Waals surface area contributed by atoms with Gasteiger partial charge in [0.15, 0.2) is 0 Å². The number of pyridine rings is 4. The highest BCUT2D eigenvalue weighted by molar-refractivity contribution is 6.39. The molecule has 700 valence electrons. The molecule has 0 saturated heterocycles. The molecule has 15 rings (SSSR count). The van der Waals surface area contributed by atoms with E-state index in [-0.39, 0.29) is 59.1 Å². The lowest BCUT2D eigenvalue weighted by molar-refractivity contribution is -0.123. The van der Waals surface area contributed by atoms with Gasteiger partial charge < -0.3 is 67.4 Å². The van der Waals surface area contributed by atoms with Crippen LogP contribution >= 0.6 is 23.2 Å². The van der Waals surface area contributed by atoms with Crippen LogP contribution in [0, 0.1) is 26.2 Å². The van der Waals surface area contributed by atoms with Gasteiger partial charge in [0.25, 0.3) is 17.0 Å². The number of hydrogen-bond acceptors (Lipinski definition) is 19. The minimum Gasteiger partial charge on any atom is -0.497 e. The van der Waals surface area contributed by atoms with E-state index in [9.17, 15) is 64.7 Å². The number of halogens is 8. The van der Waals surface area contributed by atoms with Gasteiger partial charge in [-0.2, -0.15) is 36.3 Å². The molecule has 0 atom stereocenters. The molecular formula is C98H86Cl2F6N20O11. The molecule has 0 aliphatic heterocycles. The Balaban J connectivity index is 0.000000164. The zero-order chi connectivity index (χ0) is 98.7. The van der Waals surface area contributed by atoms with Gasteiger partial charge in [-0.25, -0.2) is 29.5 Å². The third kappa shape index (κ3) is 25.2. The lowest BCUT2D eigenvalue weighted by atomic mass is 10.0. The number of anilines is 9. The van der Waals surface area contributed by atoms with Crippen LogP contribution in [0.2, 0.25) is 10.0 Å². The number of carbonyl (C=O) groups is 6. The number of rotatable bonds is 25. The summed E-state index contributed by atoms with van der Waals surface area (Å²) in [6, 6.07) is 49.0. The van der Waals surface area contributed by atoms with E-state index in [1.54, 1.807) is 190 Å². The fraction of sp³-hybridized carbons (Fsp3) is 0.143. The lowest BCUT2D eigenvalue weighted by Gasteiger charge is -2.15. The maximum absolute atomic E-state index is 13.3. The van der Waals surface area contributed by atoms with Crippen LogP contribution in [0.4, 0.5) is 87.6 Å². The average molecular weight is 1900 g/mol. The summed E-state index contributed by atoms with van der Waals surface area (Å²) in [5.41, 5.74) is 13.9. The molecule has 0 aliphatic carbocycles. The van der Waals surface area contributed by atoms with E-state index in [1.807, 2.05) is 98.8 Å². The van der Waals surface area contributed by atoms with Gasteiger partial charge in [0.1, 0.15) is 52.9 Å². The standard InChI is InChI=1S/C26H25N5O4.C25H20F3N5O2.C24H19Cl2N5O2.C23H22F3N5O3/c1-6-22(32)28-21-9-7-8-15(2)23(21)29-26-27-14-17-12-20(25(33)31(3)24(17)30-26)16-10-18(34-4)13-19(11-16)35-5;1-2-23(34)32-20-9-4-3-8-19(20)16-10-11-33-21(14-29-22(33)13-16)17-6-5-7-18(12-17)31-24(35)30-15-25(26,27)28;1-4-19(32)28-18-10-5-7-13(2)21(18)29-24-27-12-14-11-15(23(33)31(3)22(14)30-24)20-16(25)8-6-9-17(20)26;1-4-20(32)27-11-15-6-5-7-31-19(12-28-21(15)31)16-8-17(10-18(9-16)34-14(2)3)30-22(33)29-13-23(24,25)26/h6-14H,1H2,2-5H3,(H,28,32)(H,27,29,30);2-14H,1,15H2,(H,32,34)(H2,30,31,35);4-12H,1H2,2-3H3,(H,28,32)(H,27,29,30);1,5-10,12,14H,11,13H2,2-3H3,(H,27,32)(H2,29,30,33). The lowest BCUT2D eigenvalue weighted by Crippen LogP contribution is -2.36. The van der Waals surface area contributed by atoms with E-state index >= 15 is 0 Å². The number of alkyl halides is 6. The minimum atomic E-state index is -4.53. The summed E-state index contributed by atoms with van der Waals surface area (Å²) in [6.07, 6.45) is 9.57. The number of nitrogens with one attached hydrogen (secondary N) is 10. The van der Waals surface area contributed by atoms with Crippen molar-refractivity contribution in [2.75, 3.05) is 64.5 Å². The van der Waals surface area contributed by atoms with Gasteiger partial charge in [0.2, 0.25) is 29.6 Å². The van der Waals surface area contributed by atoms with Crippen LogP contribution in [-0.2, 0) is 39.8 Å². The Kier molecular flexibility index (Phi) is 31.7. The van der Waals surface area contributed by atoms with E-state index in [4.69, 9.17) is 43.8 Å². The maximum Gasteiger partial charge on any atom is 0.405 e. The Hall–Kier alpha value is -17.1. The fourth-order valence-corrected chi connectivity index (χ4v) is 14.4. The number of terminal acetylenes is 1. The van der Waals surface area contributed by atoms with Crippen LogP contribution < -0.4 is 78.5 Å². The predicted octanol–water partition coefficient (Wildman–Crippen LogP) is 18.9. The van der Waals surface area contributed by atoms with Crippen molar-refractivity contribution < 1.29 is 69.3 Å². The Morgan fingerprint density at radius 3 is 1.55 bits per heavy atom. The molecule has 39 heteroatoms. The molecule has 7 aromatic carbocycles. The Morgan fingerprint density at radius 2 is 0.993 bits per heavy atom. The first kappa shape index (κ1) is 98.9. The van der Waals surface area contributed by atoms with Crippen molar-refractivity contribution in [2.24, 2.45) is 14.1 Å². The molecule has 8 heterocycles. The number of para-hydroxylation sites is 3. The molecule has 137 heavy (non-hydrogen) atoms. The van der Waals surface area contributed by atoms with E-state index < -0.39 is 43.4 Å². The quantitative estimate of drug-likeness (QED) is 0.0144. The van der Waals surface area contributed by atoms with Gasteiger partial charge in [0.05, 0.1) is 82.5 Å². The number of aromatic nitrogens is 10. The van der Waals surface area contributed by atoms with Gasteiger partial charge >= 0.3 is 24.4 Å². The van der Waals surface area contributed by atoms with Crippen LogP contribution in [0.5, 0.6) is 17.2 Å². The Labute approximate surface area is 788 Å². The van der Waals surface area contributed by atoms with Crippen molar-refractivity contribution in [1.29, 1.82) is 0 Å². The summed E-state index contributed by atoms with van der Waals surface area (Å²) in [4.78, 5) is 124.